The van der Waals surface area contributed by atoms with E-state index in [1.807, 2.05) is 61.0 Å². The van der Waals surface area contributed by atoms with Gasteiger partial charge in [-0.05, 0) is 79.7 Å². The molecular formula is C23H19FN2O2S2. The van der Waals surface area contributed by atoms with E-state index in [1.165, 1.54) is 28.9 Å². The molecule has 0 unspecified atom stereocenters. The number of aromatic nitrogens is 1. The Bertz CT molecular complexity index is 1120. The highest BCUT2D eigenvalue weighted by molar-refractivity contribution is 8.27. The molecule has 0 spiro atoms. The molecule has 2 heterocycles. The Kier molecular flexibility index (Phi) is 5.74. The van der Waals surface area contributed by atoms with Gasteiger partial charge in [0.05, 0.1) is 4.91 Å². The summed E-state index contributed by atoms with van der Waals surface area (Å²) in [5.41, 5.74) is 3.67. The number of ether oxygens (including phenoxy) is 1. The van der Waals surface area contributed by atoms with Crippen molar-refractivity contribution in [2.75, 3.05) is 5.01 Å². The van der Waals surface area contributed by atoms with Crippen LogP contribution in [0.5, 0.6) is 5.75 Å². The molecule has 4 nitrogen and oxygen atoms in total. The Balaban J connectivity index is 1.46. The Hall–Kier alpha value is -2.90. The van der Waals surface area contributed by atoms with Crippen LogP contribution >= 0.6 is 24.0 Å². The van der Waals surface area contributed by atoms with Crippen LogP contribution in [-0.2, 0) is 11.4 Å². The van der Waals surface area contributed by atoms with Crippen molar-refractivity contribution < 1.29 is 13.9 Å². The number of rotatable bonds is 5. The van der Waals surface area contributed by atoms with Crippen molar-refractivity contribution in [1.82, 2.24) is 4.68 Å². The van der Waals surface area contributed by atoms with E-state index in [0.29, 0.717) is 21.6 Å². The second kappa shape index (κ2) is 8.45. The number of carbonyl (C=O) groups is 1. The molecule has 152 valence electrons. The summed E-state index contributed by atoms with van der Waals surface area (Å²) >= 11 is 6.74. The Labute approximate surface area is 183 Å². The predicted molar refractivity (Wildman–Crippen MR) is 122 cm³/mol. The number of benzene rings is 2. The van der Waals surface area contributed by atoms with Crippen LogP contribution in [0, 0.1) is 19.7 Å². The maximum Gasteiger partial charge on any atom is 0.285 e. The first-order chi connectivity index (χ1) is 14.4. The molecule has 0 aliphatic carbocycles. The third-order valence-corrected chi connectivity index (χ3v) is 5.99. The van der Waals surface area contributed by atoms with Gasteiger partial charge < -0.3 is 4.74 Å². The molecular weight excluding hydrogens is 419 g/mol. The minimum Gasteiger partial charge on any atom is -0.489 e. The van der Waals surface area contributed by atoms with Crippen LogP contribution in [0.3, 0.4) is 0 Å². The number of carbonyl (C=O) groups excluding carboxylic acids is 1. The summed E-state index contributed by atoms with van der Waals surface area (Å²) in [4.78, 5) is 13.5. The van der Waals surface area contributed by atoms with Crippen molar-refractivity contribution >= 4 is 40.3 Å². The summed E-state index contributed by atoms with van der Waals surface area (Å²) in [5, 5.41) is 1.54. The number of nitrogens with zero attached hydrogens (tertiary/aromatic N) is 2. The van der Waals surface area contributed by atoms with Crippen molar-refractivity contribution in [2.24, 2.45) is 0 Å². The SMILES string of the molecule is Cc1ccc(C)n1N1C(=O)/C(=C/c2ccc(OCc3ccc(F)cc3)cc2)SC1=S. The average Bonchev–Trinajstić information content (AvgIpc) is 3.20. The number of halogens is 1. The van der Waals surface area contributed by atoms with E-state index in [1.54, 1.807) is 12.1 Å². The smallest absolute Gasteiger partial charge is 0.285 e. The monoisotopic (exact) mass is 438 g/mol. The summed E-state index contributed by atoms with van der Waals surface area (Å²) in [7, 11) is 0. The number of aryl methyl sites for hydroxylation is 2. The molecule has 0 radical (unpaired) electrons. The van der Waals surface area contributed by atoms with Crippen molar-refractivity contribution in [3.63, 3.8) is 0 Å². The summed E-state index contributed by atoms with van der Waals surface area (Å²) in [6.45, 7) is 4.24. The molecule has 1 saturated heterocycles. The van der Waals surface area contributed by atoms with Gasteiger partial charge in [0.1, 0.15) is 18.2 Å². The zero-order valence-corrected chi connectivity index (χ0v) is 18.1. The molecule has 1 amide bonds. The molecule has 4 rings (SSSR count). The molecule has 1 aliphatic heterocycles. The lowest BCUT2D eigenvalue weighted by atomic mass is 10.2. The quantitative estimate of drug-likeness (QED) is 0.397. The highest BCUT2D eigenvalue weighted by atomic mass is 32.2. The number of hydrogen-bond donors (Lipinski definition) is 0. The second-order valence-electron chi connectivity index (χ2n) is 6.91. The first kappa shape index (κ1) is 20.4. The highest BCUT2D eigenvalue weighted by Gasteiger charge is 2.34. The third-order valence-electron chi connectivity index (χ3n) is 4.70. The topological polar surface area (TPSA) is 34.5 Å². The molecule has 3 aromatic rings. The lowest BCUT2D eigenvalue weighted by Gasteiger charge is -2.20. The zero-order chi connectivity index (χ0) is 21.3. The van der Waals surface area contributed by atoms with Gasteiger partial charge >= 0.3 is 0 Å². The van der Waals surface area contributed by atoms with Crippen LogP contribution in [-0.4, -0.2) is 14.9 Å². The maximum absolute atomic E-state index is 13.0. The van der Waals surface area contributed by atoms with Crippen molar-refractivity contribution in [3.8, 4) is 5.75 Å². The van der Waals surface area contributed by atoms with Crippen LogP contribution in [0.4, 0.5) is 4.39 Å². The highest BCUT2D eigenvalue weighted by Crippen LogP contribution is 2.33. The molecule has 1 aliphatic rings. The van der Waals surface area contributed by atoms with Crippen molar-refractivity contribution in [1.29, 1.82) is 0 Å². The first-order valence-electron chi connectivity index (χ1n) is 9.33. The Morgan fingerprint density at radius 2 is 1.63 bits per heavy atom. The van der Waals surface area contributed by atoms with Gasteiger partial charge in [-0.1, -0.05) is 36.0 Å². The van der Waals surface area contributed by atoms with E-state index in [0.717, 1.165) is 22.5 Å². The van der Waals surface area contributed by atoms with Crippen LogP contribution in [0.15, 0.2) is 65.6 Å². The van der Waals surface area contributed by atoms with E-state index in [2.05, 4.69) is 0 Å². The normalized spacial score (nSPS) is 15.3. The molecule has 1 aromatic heterocycles. The summed E-state index contributed by atoms with van der Waals surface area (Å²) in [6.07, 6.45) is 1.83. The van der Waals surface area contributed by atoms with Gasteiger partial charge in [-0.25, -0.2) is 4.39 Å². The second-order valence-corrected chi connectivity index (χ2v) is 8.58. The molecule has 0 atom stereocenters. The molecule has 0 saturated carbocycles. The van der Waals surface area contributed by atoms with Crippen LogP contribution < -0.4 is 9.75 Å². The van der Waals surface area contributed by atoms with Gasteiger partial charge in [0.15, 0.2) is 4.32 Å². The van der Waals surface area contributed by atoms with Gasteiger partial charge in [-0.15, -0.1) is 0 Å². The zero-order valence-electron chi connectivity index (χ0n) is 16.5. The summed E-state index contributed by atoms with van der Waals surface area (Å²) in [6, 6.07) is 17.6. The molecule has 1 fully saturated rings. The molecule has 2 aromatic carbocycles. The van der Waals surface area contributed by atoms with Gasteiger partial charge in [-0.2, -0.15) is 5.01 Å². The number of amides is 1. The van der Waals surface area contributed by atoms with E-state index < -0.39 is 0 Å². The largest absolute Gasteiger partial charge is 0.489 e. The third kappa shape index (κ3) is 4.17. The van der Waals surface area contributed by atoms with Crippen LogP contribution in [0.25, 0.3) is 6.08 Å². The fourth-order valence-corrected chi connectivity index (χ4v) is 4.41. The minimum absolute atomic E-state index is 0.135. The van der Waals surface area contributed by atoms with Gasteiger partial charge in [0.25, 0.3) is 5.91 Å². The lowest BCUT2D eigenvalue weighted by molar-refractivity contribution is -0.114. The van der Waals surface area contributed by atoms with E-state index in [4.69, 9.17) is 17.0 Å². The van der Waals surface area contributed by atoms with Gasteiger partial charge in [-0.3, -0.25) is 9.47 Å². The lowest BCUT2D eigenvalue weighted by Crippen LogP contribution is -2.39. The number of hydrogen-bond acceptors (Lipinski definition) is 4. The van der Waals surface area contributed by atoms with Crippen LogP contribution in [0.1, 0.15) is 22.5 Å². The van der Waals surface area contributed by atoms with Gasteiger partial charge in [0, 0.05) is 11.4 Å². The standard InChI is InChI=1S/C23H19FN2O2S2/c1-15-3-4-16(2)25(15)26-22(27)21(30-23(26)29)13-17-7-11-20(12-8-17)28-14-18-5-9-19(24)10-6-18/h3-13H,14H2,1-2H3/b21-13-. The molecule has 30 heavy (non-hydrogen) atoms. The number of thiocarbonyl (C=S) groups is 1. The Morgan fingerprint density at radius 3 is 2.27 bits per heavy atom. The van der Waals surface area contributed by atoms with E-state index in [9.17, 15) is 9.18 Å². The van der Waals surface area contributed by atoms with Crippen LogP contribution in [0.2, 0.25) is 0 Å². The van der Waals surface area contributed by atoms with Crippen molar-refractivity contribution in [2.45, 2.75) is 20.5 Å². The first-order valence-corrected chi connectivity index (χ1v) is 10.6. The van der Waals surface area contributed by atoms with Crippen molar-refractivity contribution in [3.05, 3.63) is 93.9 Å². The minimum atomic E-state index is -0.268. The molecule has 0 bridgehead atoms. The molecule has 0 N–H and O–H groups in total. The molecule has 7 heteroatoms. The maximum atomic E-state index is 13.0. The average molecular weight is 439 g/mol. The number of thioether (sulfide) groups is 1. The summed E-state index contributed by atoms with van der Waals surface area (Å²) in [5.74, 6) is 0.294. The summed E-state index contributed by atoms with van der Waals surface area (Å²) < 4.78 is 21.1. The fourth-order valence-electron chi connectivity index (χ4n) is 3.17. The fraction of sp³-hybridized carbons (Fsp3) is 0.130. The van der Waals surface area contributed by atoms with E-state index in [-0.39, 0.29) is 11.7 Å². The predicted octanol–water partition coefficient (Wildman–Crippen LogP) is 5.36. The Morgan fingerprint density at radius 1 is 1.00 bits per heavy atom. The van der Waals surface area contributed by atoms with E-state index >= 15 is 0 Å². The van der Waals surface area contributed by atoms with Gasteiger partial charge in [0.2, 0.25) is 0 Å².